The summed E-state index contributed by atoms with van der Waals surface area (Å²) in [5.74, 6) is 4.35. The summed E-state index contributed by atoms with van der Waals surface area (Å²) in [6, 6.07) is 0. The number of nitrogens with one attached hydrogen (secondary N) is 1. The maximum Gasteiger partial charge on any atom is 0.265 e. The van der Waals surface area contributed by atoms with E-state index in [1.54, 1.807) is 0 Å². The van der Waals surface area contributed by atoms with Gasteiger partial charge in [0.1, 0.15) is 0 Å². The number of carbonyl (C=O) groups excluding carboxylic acids is 2. The molecule has 86 valence electrons. The van der Waals surface area contributed by atoms with Crippen LogP contribution in [0.5, 0.6) is 0 Å². The number of amides is 2. The van der Waals surface area contributed by atoms with Crippen LogP contribution in [0.4, 0.5) is 0 Å². The Morgan fingerprint density at radius 2 is 2.27 bits per heavy atom. The van der Waals surface area contributed by atoms with Crippen molar-refractivity contribution in [2.75, 3.05) is 6.54 Å². The molecular formula is C7H15N4O3P. The van der Waals surface area contributed by atoms with Gasteiger partial charge in [-0.05, 0) is 12.8 Å². The minimum absolute atomic E-state index is 0.275. The second-order valence-corrected chi connectivity index (χ2v) is 5.38. The Kier molecular flexibility index (Phi) is 3.49. The molecule has 1 fully saturated rings. The molecule has 2 atom stereocenters. The molecule has 1 heterocycles. The van der Waals surface area contributed by atoms with Crippen LogP contribution in [0.1, 0.15) is 19.8 Å². The fraction of sp³-hybridized carbons (Fsp3) is 0.714. The molecule has 1 aliphatic heterocycles. The highest BCUT2D eigenvalue weighted by atomic mass is 31.1. The van der Waals surface area contributed by atoms with E-state index in [1.165, 1.54) is 6.92 Å². The zero-order valence-electron chi connectivity index (χ0n) is 8.45. The van der Waals surface area contributed by atoms with Crippen LogP contribution in [0, 0.1) is 0 Å². The molecule has 0 aromatic rings. The standard InChI is InChI=1S/C7H15N4O3P/c1-5(12)10-15(14)7(8)3-2-4-11(9)6(7)13/h15H,2-4,8-9H2,1H3,(H,10,12,14)/t7-/m0/s1. The molecule has 0 aromatic carbocycles. The number of piperidine rings is 1. The van der Waals surface area contributed by atoms with Gasteiger partial charge in [-0.3, -0.25) is 14.6 Å². The first-order chi connectivity index (χ1) is 6.88. The van der Waals surface area contributed by atoms with E-state index in [4.69, 9.17) is 11.6 Å². The monoisotopic (exact) mass is 234 g/mol. The molecule has 0 radical (unpaired) electrons. The van der Waals surface area contributed by atoms with Gasteiger partial charge in [-0.2, -0.15) is 0 Å². The summed E-state index contributed by atoms with van der Waals surface area (Å²) in [7, 11) is -2.71. The lowest BCUT2D eigenvalue weighted by atomic mass is 10.1. The first-order valence-corrected chi connectivity index (χ1v) is 5.96. The number of hydrogen-bond donors (Lipinski definition) is 3. The molecule has 1 saturated heterocycles. The lowest BCUT2D eigenvalue weighted by Gasteiger charge is -2.35. The highest BCUT2D eigenvalue weighted by molar-refractivity contribution is 7.46. The Bertz CT molecular complexity index is 321. The first-order valence-electron chi connectivity index (χ1n) is 4.55. The Balaban J connectivity index is 2.84. The van der Waals surface area contributed by atoms with Gasteiger partial charge >= 0.3 is 0 Å². The number of rotatable bonds is 2. The van der Waals surface area contributed by atoms with E-state index >= 15 is 0 Å². The predicted molar refractivity (Wildman–Crippen MR) is 54.9 cm³/mol. The summed E-state index contributed by atoms with van der Waals surface area (Å²) in [6.45, 7) is 1.62. The molecule has 0 aliphatic carbocycles. The summed E-state index contributed by atoms with van der Waals surface area (Å²) in [5.41, 5.74) is 5.73. The third-order valence-electron chi connectivity index (χ3n) is 2.31. The molecule has 0 aromatic heterocycles. The van der Waals surface area contributed by atoms with Crippen LogP contribution >= 0.6 is 7.95 Å². The van der Waals surface area contributed by atoms with Crippen LogP contribution in [-0.2, 0) is 14.2 Å². The van der Waals surface area contributed by atoms with Crippen molar-refractivity contribution < 1.29 is 14.2 Å². The second-order valence-electron chi connectivity index (χ2n) is 3.58. The Morgan fingerprint density at radius 3 is 2.80 bits per heavy atom. The molecule has 1 rings (SSSR count). The fourth-order valence-electron chi connectivity index (χ4n) is 1.48. The van der Waals surface area contributed by atoms with Crippen LogP contribution in [0.2, 0.25) is 0 Å². The Labute approximate surface area is 88.0 Å². The van der Waals surface area contributed by atoms with Gasteiger partial charge < -0.3 is 15.4 Å². The molecule has 1 unspecified atom stereocenters. The minimum Gasteiger partial charge on any atom is -0.310 e. The number of hydrazine groups is 1. The number of carbonyl (C=O) groups is 2. The molecule has 7 nitrogen and oxygen atoms in total. The van der Waals surface area contributed by atoms with Gasteiger partial charge in [0.15, 0.2) is 13.2 Å². The Morgan fingerprint density at radius 1 is 1.67 bits per heavy atom. The molecule has 0 saturated carbocycles. The lowest BCUT2D eigenvalue weighted by Crippen LogP contribution is -2.60. The lowest BCUT2D eigenvalue weighted by molar-refractivity contribution is -0.136. The van der Waals surface area contributed by atoms with E-state index in [2.05, 4.69) is 5.09 Å². The van der Waals surface area contributed by atoms with Gasteiger partial charge in [0.25, 0.3) is 5.91 Å². The van der Waals surface area contributed by atoms with E-state index in [0.717, 1.165) is 5.01 Å². The Hall–Kier alpha value is -0.910. The van der Waals surface area contributed by atoms with E-state index in [1.807, 2.05) is 0 Å². The van der Waals surface area contributed by atoms with Crippen molar-refractivity contribution in [3.8, 4) is 0 Å². The van der Waals surface area contributed by atoms with Crippen molar-refractivity contribution in [2.24, 2.45) is 11.6 Å². The summed E-state index contributed by atoms with van der Waals surface area (Å²) in [4.78, 5) is 22.3. The van der Waals surface area contributed by atoms with Crippen molar-refractivity contribution in [3.63, 3.8) is 0 Å². The van der Waals surface area contributed by atoms with Gasteiger partial charge in [-0.1, -0.05) is 0 Å². The summed E-state index contributed by atoms with van der Waals surface area (Å²) < 4.78 is 11.7. The van der Waals surface area contributed by atoms with Gasteiger partial charge in [-0.15, -0.1) is 0 Å². The fourth-order valence-corrected chi connectivity index (χ4v) is 2.76. The number of hydrogen-bond acceptors (Lipinski definition) is 5. The van der Waals surface area contributed by atoms with Crippen LogP contribution in [0.15, 0.2) is 0 Å². The predicted octanol–water partition coefficient (Wildman–Crippen LogP) is -1.25. The highest BCUT2D eigenvalue weighted by Crippen LogP contribution is 2.38. The first kappa shape index (κ1) is 12.2. The van der Waals surface area contributed by atoms with Crippen molar-refractivity contribution in [2.45, 2.75) is 25.0 Å². The average molecular weight is 234 g/mol. The molecule has 5 N–H and O–H groups in total. The maximum absolute atomic E-state index is 11.7. The number of nitrogens with two attached hydrogens (primary N) is 2. The van der Waals surface area contributed by atoms with Gasteiger partial charge in [0.2, 0.25) is 5.91 Å². The number of nitrogens with zero attached hydrogens (tertiary/aromatic N) is 1. The summed E-state index contributed by atoms with van der Waals surface area (Å²) in [6.07, 6.45) is 0.854. The van der Waals surface area contributed by atoms with Crippen LogP contribution in [-0.4, -0.2) is 28.6 Å². The zero-order chi connectivity index (χ0) is 11.6. The summed E-state index contributed by atoms with van der Waals surface area (Å²) in [5, 5.41) is 1.61. The van der Waals surface area contributed by atoms with Crippen LogP contribution in [0.25, 0.3) is 0 Å². The normalized spacial score (nSPS) is 28.7. The maximum atomic E-state index is 11.7. The molecule has 1 aliphatic rings. The third-order valence-corrected chi connectivity index (χ3v) is 4.16. The molecule has 0 spiro atoms. The molecule has 8 heteroatoms. The van der Waals surface area contributed by atoms with Crippen molar-refractivity contribution in [1.29, 1.82) is 0 Å². The topological polar surface area (TPSA) is 119 Å². The van der Waals surface area contributed by atoms with E-state index < -0.39 is 25.0 Å². The van der Waals surface area contributed by atoms with Crippen molar-refractivity contribution in [3.05, 3.63) is 0 Å². The van der Waals surface area contributed by atoms with Crippen LogP contribution in [0.3, 0.4) is 0 Å². The largest absolute Gasteiger partial charge is 0.310 e. The highest BCUT2D eigenvalue weighted by Gasteiger charge is 2.45. The summed E-state index contributed by atoms with van der Waals surface area (Å²) >= 11 is 0. The van der Waals surface area contributed by atoms with Gasteiger partial charge in [-0.25, -0.2) is 5.84 Å². The third kappa shape index (κ3) is 2.37. The van der Waals surface area contributed by atoms with E-state index in [0.29, 0.717) is 13.0 Å². The second kappa shape index (κ2) is 4.30. The zero-order valence-corrected chi connectivity index (χ0v) is 9.45. The molecule has 15 heavy (non-hydrogen) atoms. The van der Waals surface area contributed by atoms with E-state index in [9.17, 15) is 14.2 Å². The van der Waals surface area contributed by atoms with Crippen molar-refractivity contribution >= 4 is 19.8 Å². The minimum atomic E-state index is -2.71. The molecule has 2 amide bonds. The quantitative estimate of drug-likeness (QED) is 0.313. The molecule has 0 bridgehead atoms. The molecular weight excluding hydrogens is 219 g/mol. The van der Waals surface area contributed by atoms with Gasteiger partial charge in [0.05, 0.1) is 0 Å². The smallest absolute Gasteiger partial charge is 0.265 e. The van der Waals surface area contributed by atoms with E-state index in [-0.39, 0.29) is 6.42 Å². The average Bonchev–Trinajstić information content (AvgIpc) is 2.13. The van der Waals surface area contributed by atoms with Crippen LogP contribution < -0.4 is 16.7 Å². The van der Waals surface area contributed by atoms with Crippen molar-refractivity contribution in [1.82, 2.24) is 10.1 Å². The SMILES string of the molecule is CC(=O)N[PH](=O)[C@@]1(N)CCCN(N)C1=O. The van der Waals surface area contributed by atoms with Gasteiger partial charge in [0, 0.05) is 13.5 Å².